The lowest BCUT2D eigenvalue weighted by atomic mass is 10.1. The number of halogens is 1. The standard InChI is InChI=1S/C15H32N4O.HI/c1-5-8-9-10-11-13(4)19-15(17-7-3)18-12-14(20)16-6-2;/h13H,5-12H2,1-4H3,(H,16,20)(H2,17,18,19);1H. The Morgan fingerprint density at radius 1 is 1.05 bits per heavy atom. The van der Waals surface area contributed by atoms with Crippen molar-refractivity contribution in [2.24, 2.45) is 4.99 Å². The summed E-state index contributed by atoms with van der Waals surface area (Å²) >= 11 is 0. The Kier molecular flexibility index (Phi) is 17.2. The van der Waals surface area contributed by atoms with E-state index in [1.54, 1.807) is 0 Å². The largest absolute Gasteiger partial charge is 0.357 e. The van der Waals surface area contributed by atoms with E-state index in [0.717, 1.165) is 18.9 Å². The van der Waals surface area contributed by atoms with Gasteiger partial charge in [0.1, 0.15) is 6.54 Å². The first kappa shape index (κ1) is 22.7. The van der Waals surface area contributed by atoms with Crippen molar-refractivity contribution in [1.82, 2.24) is 16.0 Å². The highest BCUT2D eigenvalue weighted by atomic mass is 127. The van der Waals surface area contributed by atoms with E-state index in [4.69, 9.17) is 0 Å². The molecule has 0 aliphatic rings. The third kappa shape index (κ3) is 14.2. The molecule has 0 saturated heterocycles. The van der Waals surface area contributed by atoms with Gasteiger partial charge in [-0.3, -0.25) is 4.79 Å². The SMILES string of the molecule is CCCCCCC(C)NC(=NCC(=O)NCC)NCC.I. The second kappa shape index (κ2) is 15.9. The maximum Gasteiger partial charge on any atom is 0.241 e. The van der Waals surface area contributed by atoms with Crippen molar-refractivity contribution in [2.75, 3.05) is 19.6 Å². The van der Waals surface area contributed by atoms with Crippen LogP contribution in [0.2, 0.25) is 0 Å². The number of likely N-dealkylation sites (N-methyl/N-ethyl adjacent to an activating group) is 1. The number of amides is 1. The molecule has 0 rings (SSSR count). The highest BCUT2D eigenvalue weighted by molar-refractivity contribution is 14.0. The van der Waals surface area contributed by atoms with Crippen molar-refractivity contribution in [3.05, 3.63) is 0 Å². The van der Waals surface area contributed by atoms with Crippen LogP contribution in [0, 0.1) is 0 Å². The van der Waals surface area contributed by atoms with Crippen molar-refractivity contribution in [3.8, 4) is 0 Å². The number of rotatable bonds is 10. The maximum atomic E-state index is 11.4. The van der Waals surface area contributed by atoms with Gasteiger partial charge in [0.25, 0.3) is 0 Å². The molecule has 126 valence electrons. The topological polar surface area (TPSA) is 65.5 Å². The van der Waals surface area contributed by atoms with Gasteiger partial charge in [0, 0.05) is 19.1 Å². The number of hydrogen-bond acceptors (Lipinski definition) is 2. The molecule has 0 aromatic heterocycles. The minimum Gasteiger partial charge on any atom is -0.357 e. The van der Waals surface area contributed by atoms with Crippen LogP contribution in [-0.4, -0.2) is 37.5 Å². The lowest BCUT2D eigenvalue weighted by Gasteiger charge is -2.17. The average Bonchev–Trinajstić information content (AvgIpc) is 2.41. The normalized spacial score (nSPS) is 12.3. The molecule has 0 aliphatic heterocycles. The first-order valence-corrected chi connectivity index (χ1v) is 7.95. The second-order valence-electron chi connectivity index (χ2n) is 5.04. The molecule has 0 spiro atoms. The summed E-state index contributed by atoms with van der Waals surface area (Å²) < 4.78 is 0. The smallest absolute Gasteiger partial charge is 0.241 e. The summed E-state index contributed by atoms with van der Waals surface area (Å²) in [6.45, 7) is 9.92. The summed E-state index contributed by atoms with van der Waals surface area (Å²) in [6, 6.07) is 0.374. The van der Waals surface area contributed by atoms with Gasteiger partial charge in [-0.15, -0.1) is 24.0 Å². The summed E-state index contributed by atoms with van der Waals surface area (Å²) in [5.41, 5.74) is 0. The zero-order valence-electron chi connectivity index (χ0n) is 14.0. The van der Waals surface area contributed by atoms with Crippen LogP contribution in [0.4, 0.5) is 0 Å². The molecule has 0 bridgehead atoms. The molecular weight excluding hydrogens is 379 g/mol. The zero-order valence-corrected chi connectivity index (χ0v) is 16.3. The molecule has 1 amide bonds. The molecule has 0 fully saturated rings. The number of guanidine groups is 1. The second-order valence-corrected chi connectivity index (χ2v) is 5.04. The van der Waals surface area contributed by atoms with Crippen LogP contribution in [0.25, 0.3) is 0 Å². The molecule has 0 heterocycles. The van der Waals surface area contributed by atoms with Crippen LogP contribution in [-0.2, 0) is 4.79 Å². The number of hydrogen-bond donors (Lipinski definition) is 3. The fourth-order valence-electron chi connectivity index (χ4n) is 1.91. The van der Waals surface area contributed by atoms with Gasteiger partial charge in [-0.25, -0.2) is 4.99 Å². The number of nitrogens with one attached hydrogen (secondary N) is 3. The molecular formula is C15H33IN4O. The van der Waals surface area contributed by atoms with Crippen molar-refractivity contribution in [2.45, 2.75) is 65.8 Å². The number of carbonyl (C=O) groups is 1. The Morgan fingerprint density at radius 3 is 2.29 bits per heavy atom. The van der Waals surface area contributed by atoms with Crippen LogP contribution in [0.5, 0.6) is 0 Å². The predicted molar refractivity (Wildman–Crippen MR) is 101 cm³/mol. The van der Waals surface area contributed by atoms with Gasteiger partial charge < -0.3 is 16.0 Å². The number of aliphatic imine (C=N–C) groups is 1. The highest BCUT2D eigenvalue weighted by Gasteiger charge is 2.05. The third-order valence-corrected chi connectivity index (χ3v) is 2.97. The van der Waals surface area contributed by atoms with E-state index < -0.39 is 0 Å². The van der Waals surface area contributed by atoms with Crippen LogP contribution < -0.4 is 16.0 Å². The Labute approximate surface area is 147 Å². The fraction of sp³-hybridized carbons (Fsp3) is 0.867. The van der Waals surface area contributed by atoms with Crippen molar-refractivity contribution in [1.29, 1.82) is 0 Å². The molecule has 6 heteroatoms. The number of unbranched alkanes of at least 4 members (excludes halogenated alkanes) is 3. The minimum absolute atomic E-state index is 0. The molecule has 0 aromatic rings. The summed E-state index contributed by atoms with van der Waals surface area (Å²) in [5.74, 6) is 0.682. The molecule has 21 heavy (non-hydrogen) atoms. The van der Waals surface area contributed by atoms with Gasteiger partial charge in [-0.2, -0.15) is 0 Å². The van der Waals surface area contributed by atoms with E-state index in [-0.39, 0.29) is 36.4 Å². The van der Waals surface area contributed by atoms with E-state index >= 15 is 0 Å². The van der Waals surface area contributed by atoms with Gasteiger partial charge in [-0.1, -0.05) is 32.6 Å². The number of carbonyl (C=O) groups excluding carboxylic acids is 1. The van der Waals surface area contributed by atoms with Crippen LogP contribution in [0.15, 0.2) is 4.99 Å². The summed E-state index contributed by atoms with van der Waals surface area (Å²) in [7, 11) is 0. The van der Waals surface area contributed by atoms with Crippen LogP contribution >= 0.6 is 24.0 Å². The fourth-order valence-corrected chi connectivity index (χ4v) is 1.91. The average molecular weight is 412 g/mol. The van der Waals surface area contributed by atoms with Crippen LogP contribution in [0.1, 0.15) is 59.8 Å². The van der Waals surface area contributed by atoms with Crippen molar-refractivity contribution in [3.63, 3.8) is 0 Å². The van der Waals surface area contributed by atoms with Crippen molar-refractivity contribution >= 4 is 35.8 Å². The van der Waals surface area contributed by atoms with Gasteiger partial charge in [0.15, 0.2) is 5.96 Å². The Morgan fingerprint density at radius 2 is 1.71 bits per heavy atom. The van der Waals surface area contributed by atoms with Gasteiger partial charge >= 0.3 is 0 Å². The van der Waals surface area contributed by atoms with E-state index in [1.165, 1.54) is 25.7 Å². The highest BCUT2D eigenvalue weighted by Crippen LogP contribution is 2.05. The molecule has 3 N–H and O–H groups in total. The molecule has 0 aromatic carbocycles. The summed E-state index contributed by atoms with van der Waals surface area (Å²) in [6.07, 6.45) is 6.22. The first-order valence-electron chi connectivity index (χ1n) is 7.95. The number of nitrogens with zero attached hydrogens (tertiary/aromatic N) is 1. The van der Waals surface area contributed by atoms with Crippen LogP contribution in [0.3, 0.4) is 0 Å². The Bertz CT molecular complexity index is 285. The van der Waals surface area contributed by atoms with Gasteiger partial charge in [0.2, 0.25) is 5.91 Å². The van der Waals surface area contributed by atoms with E-state index in [0.29, 0.717) is 12.6 Å². The third-order valence-electron chi connectivity index (χ3n) is 2.97. The predicted octanol–water partition coefficient (Wildman–Crippen LogP) is 2.65. The quantitative estimate of drug-likeness (QED) is 0.224. The Hall–Kier alpha value is -0.530. The van der Waals surface area contributed by atoms with E-state index in [9.17, 15) is 4.79 Å². The minimum atomic E-state index is -0.0414. The monoisotopic (exact) mass is 412 g/mol. The van der Waals surface area contributed by atoms with Gasteiger partial charge in [-0.05, 0) is 27.2 Å². The Balaban J connectivity index is 0. The first-order chi connectivity index (χ1) is 9.63. The summed E-state index contributed by atoms with van der Waals surface area (Å²) in [5, 5.41) is 9.27. The van der Waals surface area contributed by atoms with E-state index in [2.05, 4.69) is 34.8 Å². The summed E-state index contributed by atoms with van der Waals surface area (Å²) in [4.78, 5) is 15.7. The zero-order chi connectivity index (χ0) is 15.2. The van der Waals surface area contributed by atoms with Crippen molar-refractivity contribution < 1.29 is 4.79 Å². The molecule has 0 radical (unpaired) electrons. The lowest BCUT2D eigenvalue weighted by molar-refractivity contribution is -0.119. The molecule has 0 aliphatic carbocycles. The van der Waals surface area contributed by atoms with Gasteiger partial charge in [0.05, 0.1) is 0 Å². The molecule has 1 atom stereocenters. The van der Waals surface area contributed by atoms with E-state index in [1.807, 2.05) is 13.8 Å². The molecule has 0 saturated carbocycles. The molecule has 1 unspecified atom stereocenters. The molecule has 5 nitrogen and oxygen atoms in total. The lowest BCUT2D eigenvalue weighted by Crippen LogP contribution is -2.43. The maximum absolute atomic E-state index is 11.4.